The third-order valence-corrected chi connectivity index (χ3v) is 3.53. The number of hydrogen-bond acceptors (Lipinski definition) is 2. The van der Waals surface area contributed by atoms with Crippen molar-refractivity contribution >= 4 is 5.69 Å². The molecule has 2 aromatic carbocycles. The minimum absolute atomic E-state index is 0.659. The lowest BCUT2D eigenvalue weighted by Gasteiger charge is -2.13. The third kappa shape index (κ3) is 3.84. The molecule has 106 valence electrons. The summed E-state index contributed by atoms with van der Waals surface area (Å²) < 4.78 is 5.51. The average Bonchev–Trinajstić information content (AvgIpc) is 2.47. The van der Waals surface area contributed by atoms with E-state index >= 15 is 0 Å². The number of benzene rings is 2. The number of aryl methyl sites for hydroxylation is 2. The Labute approximate surface area is 121 Å². The van der Waals surface area contributed by atoms with Gasteiger partial charge in [-0.3, -0.25) is 0 Å². The van der Waals surface area contributed by atoms with Crippen LogP contribution < -0.4 is 5.32 Å². The maximum Gasteiger partial charge on any atom is 0.0736 e. The summed E-state index contributed by atoms with van der Waals surface area (Å²) in [6.07, 6.45) is 0. The van der Waals surface area contributed by atoms with E-state index in [2.05, 4.69) is 61.6 Å². The minimum Gasteiger partial charge on any atom is -0.381 e. The molecule has 0 aromatic heterocycles. The molecule has 0 aliphatic rings. The fourth-order valence-electron chi connectivity index (χ4n) is 2.14. The Morgan fingerprint density at radius 3 is 2.55 bits per heavy atom. The summed E-state index contributed by atoms with van der Waals surface area (Å²) in [4.78, 5) is 0. The van der Waals surface area contributed by atoms with Crippen LogP contribution in [0, 0.1) is 13.8 Å². The van der Waals surface area contributed by atoms with Crippen LogP contribution in [-0.4, -0.2) is 6.61 Å². The smallest absolute Gasteiger partial charge is 0.0736 e. The van der Waals surface area contributed by atoms with Crippen LogP contribution in [0.5, 0.6) is 0 Å². The quantitative estimate of drug-likeness (QED) is 0.836. The molecule has 2 aromatic rings. The molecule has 0 atom stereocenters. The Morgan fingerprint density at radius 2 is 1.80 bits per heavy atom. The zero-order valence-corrected chi connectivity index (χ0v) is 12.6. The van der Waals surface area contributed by atoms with Gasteiger partial charge in [-0.1, -0.05) is 36.4 Å². The highest BCUT2D eigenvalue weighted by molar-refractivity contribution is 5.51. The molecule has 2 heteroatoms. The second-order valence-electron chi connectivity index (χ2n) is 5.07. The van der Waals surface area contributed by atoms with Gasteiger partial charge in [-0.05, 0) is 43.5 Å². The maximum atomic E-state index is 5.51. The van der Waals surface area contributed by atoms with E-state index in [0.29, 0.717) is 6.61 Å². The van der Waals surface area contributed by atoms with E-state index in [0.717, 1.165) is 18.8 Å². The fourth-order valence-corrected chi connectivity index (χ4v) is 2.14. The number of anilines is 1. The summed E-state index contributed by atoms with van der Waals surface area (Å²) in [5, 5.41) is 3.51. The van der Waals surface area contributed by atoms with Crippen LogP contribution in [-0.2, 0) is 17.9 Å². The van der Waals surface area contributed by atoms with Gasteiger partial charge in [0.2, 0.25) is 0 Å². The summed E-state index contributed by atoms with van der Waals surface area (Å²) >= 11 is 0. The van der Waals surface area contributed by atoms with Gasteiger partial charge in [-0.2, -0.15) is 0 Å². The molecule has 0 spiro atoms. The molecule has 0 saturated carbocycles. The first kappa shape index (κ1) is 14.6. The van der Waals surface area contributed by atoms with Gasteiger partial charge < -0.3 is 10.1 Å². The highest BCUT2D eigenvalue weighted by Crippen LogP contribution is 2.18. The van der Waals surface area contributed by atoms with Gasteiger partial charge in [0, 0.05) is 24.4 Å². The first-order valence-electron chi connectivity index (χ1n) is 7.16. The van der Waals surface area contributed by atoms with Gasteiger partial charge in [0.15, 0.2) is 0 Å². The molecule has 0 saturated heterocycles. The lowest BCUT2D eigenvalue weighted by molar-refractivity contribution is 0.134. The lowest BCUT2D eigenvalue weighted by atomic mass is 10.1. The Balaban J connectivity index is 2.04. The summed E-state index contributed by atoms with van der Waals surface area (Å²) in [5.41, 5.74) is 6.34. The Morgan fingerprint density at radius 1 is 1.00 bits per heavy atom. The van der Waals surface area contributed by atoms with E-state index in [9.17, 15) is 0 Å². The number of ether oxygens (including phenoxy) is 1. The van der Waals surface area contributed by atoms with Crippen LogP contribution in [0.15, 0.2) is 42.5 Å². The molecule has 2 rings (SSSR count). The number of nitrogens with one attached hydrogen (secondary N) is 1. The molecule has 0 radical (unpaired) electrons. The van der Waals surface area contributed by atoms with Crippen molar-refractivity contribution in [2.24, 2.45) is 0 Å². The lowest BCUT2D eigenvalue weighted by Crippen LogP contribution is -2.04. The van der Waals surface area contributed by atoms with E-state index in [4.69, 9.17) is 4.74 Å². The minimum atomic E-state index is 0.659. The van der Waals surface area contributed by atoms with Crippen LogP contribution in [0.1, 0.15) is 29.2 Å². The van der Waals surface area contributed by atoms with Gasteiger partial charge in [0.1, 0.15) is 0 Å². The Hall–Kier alpha value is -1.80. The van der Waals surface area contributed by atoms with Gasteiger partial charge in [0.05, 0.1) is 6.61 Å². The molecule has 0 bridgehead atoms. The molecule has 0 aliphatic heterocycles. The number of para-hydroxylation sites is 1. The van der Waals surface area contributed by atoms with Crippen LogP contribution in [0.25, 0.3) is 0 Å². The molecular formula is C18H23NO. The predicted octanol–water partition coefficient (Wildman–Crippen LogP) is 4.45. The summed E-state index contributed by atoms with van der Waals surface area (Å²) in [6, 6.07) is 14.9. The zero-order valence-electron chi connectivity index (χ0n) is 12.6. The Kier molecular flexibility index (Phi) is 5.19. The first-order chi connectivity index (χ1) is 9.70. The van der Waals surface area contributed by atoms with E-state index in [1.54, 1.807) is 0 Å². The van der Waals surface area contributed by atoms with E-state index in [1.165, 1.54) is 22.3 Å². The molecule has 0 heterocycles. The summed E-state index contributed by atoms with van der Waals surface area (Å²) in [5.74, 6) is 0. The third-order valence-electron chi connectivity index (χ3n) is 3.53. The van der Waals surface area contributed by atoms with E-state index in [-0.39, 0.29) is 0 Å². The normalized spacial score (nSPS) is 10.6. The summed E-state index contributed by atoms with van der Waals surface area (Å²) in [6.45, 7) is 8.55. The summed E-state index contributed by atoms with van der Waals surface area (Å²) in [7, 11) is 0. The topological polar surface area (TPSA) is 21.3 Å². The van der Waals surface area contributed by atoms with Crippen molar-refractivity contribution in [2.75, 3.05) is 11.9 Å². The predicted molar refractivity (Wildman–Crippen MR) is 85.0 cm³/mol. The van der Waals surface area contributed by atoms with Crippen molar-refractivity contribution in [3.63, 3.8) is 0 Å². The van der Waals surface area contributed by atoms with Crippen molar-refractivity contribution in [3.05, 3.63) is 64.7 Å². The van der Waals surface area contributed by atoms with Crippen molar-refractivity contribution in [1.29, 1.82) is 0 Å². The largest absolute Gasteiger partial charge is 0.381 e. The molecule has 1 N–H and O–H groups in total. The van der Waals surface area contributed by atoms with Gasteiger partial charge in [-0.25, -0.2) is 0 Å². The molecule has 0 aliphatic carbocycles. The molecule has 0 fully saturated rings. The van der Waals surface area contributed by atoms with Crippen molar-refractivity contribution in [3.8, 4) is 0 Å². The van der Waals surface area contributed by atoms with Crippen LogP contribution in [0.4, 0.5) is 5.69 Å². The molecule has 0 unspecified atom stereocenters. The molecule has 0 amide bonds. The van der Waals surface area contributed by atoms with Gasteiger partial charge >= 0.3 is 0 Å². The fraction of sp³-hybridized carbons (Fsp3) is 0.333. The molecule has 20 heavy (non-hydrogen) atoms. The van der Waals surface area contributed by atoms with E-state index < -0.39 is 0 Å². The van der Waals surface area contributed by atoms with Crippen molar-refractivity contribution in [2.45, 2.75) is 33.9 Å². The van der Waals surface area contributed by atoms with Crippen LogP contribution in [0.2, 0.25) is 0 Å². The maximum absolute atomic E-state index is 5.51. The van der Waals surface area contributed by atoms with Crippen molar-refractivity contribution in [1.82, 2.24) is 0 Å². The first-order valence-corrected chi connectivity index (χ1v) is 7.16. The zero-order chi connectivity index (χ0) is 14.4. The monoisotopic (exact) mass is 269 g/mol. The highest BCUT2D eigenvalue weighted by atomic mass is 16.5. The second kappa shape index (κ2) is 7.11. The highest BCUT2D eigenvalue weighted by Gasteiger charge is 2.02. The Bertz CT molecular complexity index is 563. The van der Waals surface area contributed by atoms with Gasteiger partial charge in [-0.15, -0.1) is 0 Å². The van der Waals surface area contributed by atoms with Crippen LogP contribution >= 0.6 is 0 Å². The second-order valence-corrected chi connectivity index (χ2v) is 5.07. The molecular weight excluding hydrogens is 246 g/mol. The van der Waals surface area contributed by atoms with Crippen LogP contribution in [0.3, 0.4) is 0 Å². The number of rotatable bonds is 6. The van der Waals surface area contributed by atoms with Gasteiger partial charge in [0.25, 0.3) is 0 Å². The van der Waals surface area contributed by atoms with E-state index in [1.807, 2.05) is 6.92 Å². The molecule has 2 nitrogen and oxygen atoms in total. The van der Waals surface area contributed by atoms with Crippen molar-refractivity contribution < 1.29 is 4.74 Å². The standard InChI is InChI=1S/C18H23NO/c1-4-20-13-17-7-5-6-8-18(17)19-12-16-10-9-14(2)15(3)11-16/h5-11,19H,4,12-13H2,1-3H3. The SMILES string of the molecule is CCOCc1ccccc1NCc1ccc(C)c(C)c1. The average molecular weight is 269 g/mol. The number of hydrogen-bond donors (Lipinski definition) is 1.